The molecule has 2 fully saturated rings. The van der Waals surface area contributed by atoms with Crippen LogP contribution < -0.4 is 0 Å². The number of carbonyl (C=O) groups excluding carboxylic acids is 1. The second-order valence-electron chi connectivity index (χ2n) is 7.76. The Hall–Kier alpha value is -3.27. The van der Waals surface area contributed by atoms with Gasteiger partial charge in [-0.2, -0.15) is 0 Å². The Labute approximate surface area is 188 Å². The Kier molecular flexibility index (Phi) is 4.49. The first-order valence-corrected chi connectivity index (χ1v) is 11.2. The van der Waals surface area contributed by atoms with Crippen LogP contribution in [0.15, 0.2) is 87.0 Å². The molecule has 0 bridgehead atoms. The van der Waals surface area contributed by atoms with Gasteiger partial charge < -0.3 is 19.8 Å². The Balaban J connectivity index is 1.59. The molecule has 2 N–H and O–H groups in total. The number of hydrazine groups is 1. The van der Waals surface area contributed by atoms with Crippen molar-refractivity contribution < 1.29 is 19.7 Å². The number of fused-ring (bicyclic) bond motifs is 4. The molecule has 0 spiro atoms. The quantitative estimate of drug-likeness (QED) is 0.641. The second kappa shape index (κ2) is 7.40. The summed E-state index contributed by atoms with van der Waals surface area (Å²) in [7, 11) is 0. The first kappa shape index (κ1) is 19.4. The zero-order chi connectivity index (χ0) is 21.8. The van der Waals surface area contributed by atoms with E-state index in [1.165, 1.54) is 6.08 Å². The van der Waals surface area contributed by atoms with Crippen LogP contribution in [-0.4, -0.2) is 68.9 Å². The van der Waals surface area contributed by atoms with Crippen LogP contribution in [0.3, 0.4) is 0 Å². The number of amides is 1. The van der Waals surface area contributed by atoms with E-state index in [-0.39, 0.29) is 17.4 Å². The summed E-state index contributed by atoms with van der Waals surface area (Å²) in [4.78, 5) is 22.1. The summed E-state index contributed by atoms with van der Waals surface area (Å²) in [5.41, 5.74) is 1.76. The van der Waals surface area contributed by atoms with Gasteiger partial charge in [0.25, 0.3) is 5.91 Å². The van der Waals surface area contributed by atoms with Crippen LogP contribution in [0.1, 0.15) is 5.56 Å². The maximum Gasteiger partial charge on any atom is 0.277 e. The van der Waals surface area contributed by atoms with Crippen molar-refractivity contribution in [1.29, 1.82) is 0 Å². The SMILES string of the molecule is O=C1C2=C(O)C(O)C=CN2N(C2=Nc3ccccc3Sc3ccccc32)[C@@H]2COCCN12. The minimum atomic E-state index is -1.23. The lowest BCUT2D eigenvalue weighted by Gasteiger charge is -2.53. The molecule has 1 unspecified atom stereocenters. The number of aliphatic hydroxyl groups is 2. The van der Waals surface area contributed by atoms with Gasteiger partial charge in [0, 0.05) is 28.1 Å². The highest BCUT2D eigenvalue weighted by molar-refractivity contribution is 7.99. The molecule has 32 heavy (non-hydrogen) atoms. The molecule has 9 heteroatoms. The number of morpholine rings is 1. The van der Waals surface area contributed by atoms with Gasteiger partial charge in [0.05, 0.1) is 18.9 Å². The van der Waals surface area contributed by atoms with Crippen molar-refractivity contribution in [1.82, 2.24) is 14.9 Å². The van der Waals surface area contributed by atoms with Crippen LogP contribution in [-0.2, 0) is 9.53 Å². The maximum absolute atomic E-state index is 13.3. The summed E-state index contributed by atoms with van der Waals surface area (Å²) < 4.78 is 5.75. The number of aliphatic imine (C=N–C) groups is 1. The smallest absolute Gasteiger partial charge is 0.277 e. The lowest BCUT2D eigenvalue weighted by molar-refractivity contribution is -0.166. The predicted octanol–water partition coefficient (Wildman–Crippen LogP) is 2.60. The van der Waals surface area contributed by atoms with Gasteiger partial charge in [0.15, 0.2) is 17.3 Å². The predicted molar refractivity (Wildman–Crippen MR) is 118 cm³/mol. The average Bonchev–Trinajstić information content (AvgIpc) is 2.98. The van der Waals surface area contributed by atoms with E-state index in [1.54, 1.807) is 27.9 Å². The normalized spacial score (nSPS) is 24.3. The molecule has 0 aromatic heterocycles. The number of ether oxygens (including phenoxy) is 1. The number of carbonyl (C=O) groups is 1. The number of rotatable bonds is 0. The van der Waals surface area contributed by atoms with E-state index in [4.69, 9.17) is 9.73 Å². The summed E-state index contributed by atoms with van der Waals surface area (Å²) in [6.07, 6.45) is 1.38. The topological polar surface area (TPSA) is 88.8 Å². The van der Waals surface area contributed by atoms with Gasteiger partial charge in [-0.15, -0.1) is 0 Å². The van der Waals surface area contributed by atoms with Gasteiger partial charge in [-0.05, 0) is 24.3 Å². The average molecular weight is 449 g/mol. The first-order chi connectivity index (χ1) is 15.6. The number of aliphatic hydroxyl groups excluding tert-OH is 2. The molecule has 4 aliphatic rings. The van der Waals surface area contributed by atoms with Crippen molar-refractivity contribution in [2.75, 3.05) is 19.8 Å². The fourth-order valence-electron chi connectivity index (χ4n) is 4.37. The van der Waals surface area contributed by atoms with Crippen molar-refractivity contribution in [2.24, 2.45) is 4.99 Å². The van der Waals surface area contributed by atoms with E-state index in [0.717, 1.165) is 21.0 Å². The molecule has 8 nitrogen and oxygen atoms in total. The van der Waals surface area contributed by atoms with E-state index in [0.29, 0.717) is 25.6 Å². The maximum atomic E-state index is 13.3. The summed E-state index contributed by atoms with van der Waals surface area (Å²) in [5, 5.41) is 24.3. The number of hydrogen-bond donors (Lipinski definition) is 2. The molecule has 2 aromatic rings. The van der Waals surface area contributed by atoms with E-state index >= 15 is 0 Å². The van der Waals surface area contributed by atoms with Crippen LogP contribution in [0.25, 0.3) is 0 Å². The molecule has 6 rings (SSSR count). The van der Waals surface area contributed by atoms with Crippen molar-refractivity contribution in [3.8, 4) is 0 Å². The second-order valence-corrected chi connectivity index (χ2v) is 8.85. The van der Waals surface area contributed by atoms with E-state index < -0.39 is 12.3 Å². The van der Waals surface area contributed by atoms with Crippen LogP contribution in [0.5, 0.6) is 0 Å². The van der Waals surface area contributed by atoms with Crippen LogP contribution >= 0.6 is 11.8 Å². The van der Waals surface area contributed by atoms with E-state index in [1.807, 2.05) is 53.5 Å². The summed E-state index contributed by atoms with van der Waals surface area (Å²) >= 11 is 1.64. The highest BCUT2D eigenvalue weighted by Crippen LogP contribution is 2.42. The third kappa shape index (κ3) is 2.85. The minimum absolute atomic E-state index is 0.0310. The summed E-state index contributed by atoms with van der Waals surface area (Å²) in [5.74, 6) is -0.0742. The van der Waals surface area contributed by atoms with Crippen molar-refractivity contribution in [2.45, 2.75) is 22.1 Å². The van der Waals surface area contributed by atoms with Crippen LogP contribution in [0.2, 0.25) is 0 Å². The molecule has 4 heterocycles. The number of hydrogen-bond acceptors (Lipinski definition) is 8. The molecule has 2 atom stereocenters. The Bertz CT molecular complexity index is 1210. The fraction of sp³-hybridized carbons (Fsp3) is 0.217. The molecular formula is C23H20N4O4S. The molecule has 0 radical (unpaired) electrons. The largest absolute Gasteiger partial charge is 0.507 e. The van der Waals surface area contributed by atoms with Crippen molar-refractivity contribution >= 4 is 29.2 Å². The van der Waals surface area contributed by atoms with Gasteiger partial charge in [-0.1, -0.05) is 42.1 Å². The van der Waals surface area contributed by atoms with Gasteiger partial charge in [0.2, 0.25) is 0 Å². The standard InChI is InChI=1S/C23H20N4O4S/c28-16-9-10-26-20(21(16)29)23(30)25-11-12-31-13-19(25)27(26)22-14-5-1-3-7-17(14)32-18-8-4-2-6-15(18)24-22/h1-10,16,19,28-29H,11-13H2/t16?,19-/m1/s1. The summed E-state index contributed by atoms with van der Waals surface area (Å²) in [6.45, 7) is 1.08. The van der Waals surface area contributed by atoms with Crippen LogP contribution in [0, 0.1) is 0 Å². The highest BCUT2D eigenvalue weighted by Gasteiger charge is 2.48. The molecule has 4 aliphatic heterocycles. The van der Waals surface area contributed by atoms with E-state index in [9.17, 15) is 15.0 Å². The number of benzene rings is 2. The molecule has 0 saturated carbocycles. The third-order valence-electron chi connectivity index (χ3n) is 5.90. The molecular weight excluding hydrogens is 428 g/mol. The highest BCUT2D eigenvalue weighted by atomic mass is 32.2. The first-order valence-electron chi connectivity index (χ1n) is 10.3. The molecule has 2 saturated heterocycles. The van der Waals surface area contributed by atoms with E-state index in [2.05, 4.69) is 0 Å². The number of nitrogens with zero attached hydrogens (tertiary/aromatic N) is 4. The van der Waals surface area contributed by atoms with Gasteiger partial charge in [-0.3, -0.25) is 4.79 Å². The van der Waals surface area contributed by atoms with Crippen molar-refractivity contribution in [3.63, 3.8) is 0 Å². The fourth-order valence-corrected chi connectivity index (χ4v) is 5.39. The molecule has 0 aliphatic carbocycles. The number of para-hydroxylation sites is 1. The monoisotopic (exact) mass is 448 g/mol. The van der Waals surface area contributed by atoms with Gasteiger partial charge >= 0.3 is 0 Å². The summed E-state index contributed by atoms with van der Waals surface area (Å²) in [6, 6.07) is 15.9. The Morgan fingerprint density at radius 1 is 1.09 bits per heavy atom. The molecule has 1 amide bonds. The van der Waals surface area contributed by atoms with Crippen LogP contribution in [0.4, 0.5) is 5.69 Å². The lowest BCUT2D eigenvalue weighted by atomic mass is 10.1. The minimum Gasteiger partial charge on any atom is -0.507 e. The number of amidine groups is 1. The Morgan fingerprint density at radius 2 is 1.88 bits per heavy atom. The zero-order valence-electron chi connectivity index (χ0n) is 17.0. The molecule has 162 valence electrons. The lowest BCUT2D eigenvalue weighted by Crippen LogP contribution is -2.68. The molecule has 2 aromatic carbocycles. The van der Waals surface area contributed by atoms with Crippen molar-refractivity contribution in [3.05, 3.63) is 77.8 Å². The van der Waals surface area contributed by atoms with Gasteiger partial charge in [0.1, 0.15) is 12.3 Å². The Morgan fingerprint density at radius 3 is 2.75 bits per heavy atom. The van der Waals surface area contributed by atoms with Gasteiger partial charge in [-0.25, -0.2) is 15.0 Å². The zero-order valence-corrected chi connectivity index (χ0v) is 17.8. The third-order valence-corrected chi connectivity index (χ3v) is 7.04.